The lowest BCUT2D eigenvalue weighted by atomic mass is 10.2. The summed E-state index contributed by atoms with van der Waals surface area (Å²) in [6.45, 7) is 1.21. The zero-order chi connectivity index (χ0) is 23.2. The van der Waals surface area contributed by atoms with E-state index >= 15 is 0 Å². The van der Waals surface area contributed by atoms with E-state index < -0.39 is 0 Å². The molecule has 170 valence electrons. The number of ether oxygens (including phenoxy) is 1. The van der Waals surface area contributed by atoms with Crippen molar-refractivity contribution < 1.29 is 4.74 Å². The van der Waals surface area contributed by atoms with Gasteiger partial charge in [0.25, 0.3) is 0 Å². The van der Waals surface area contributed by atoms with Gasteiger partial charge in [0, 0.05) is 5.75 Å². The predicted octanol–water partition coefficient (Wildman–Crippen LogP) is 4.93. The van der Waals surface area contributed by atoms with Crippen LogP contribution in [0.3, 0.4) is 0 Å². The van der Waals surface area contributed by atoms with Crippen molar-refractivity contribution in [2.24, 2.45) is 0 Å². The highest BCUT2D eigenvalue weighted by Gasteiger charge is 2.18. The van der Waals surface area contributed by atoms with E-state index in [1.807, 2.05) is 59.4 Å². The minimum atomic E-state index is 0.529. The number of aromatic nitrogens is 6. The maximum absolute atomic E-state index is 5.23. The Morgan fingerprint density at radius 3 is 2.18 bits per heavy atom. The molecule has 0 unspecified atom stereocenters. The van der Waals surface area contributed by atoms with Crippen molar-refractivity contribution in [3.05, 3.63) is 108 Å². The highest BCUT2D eigenvalue weighted by molar-refractivity contribution is 7.98. The smallest absolute Gasteiger partial charge is 0.209 e. The molecule has 2 aromatic heterocycles. The van der Waals surface area contributed by atoms with Gasteiger partial charge in [-0.05, 0) is 34.0 Å². The standard InChI is InChI=1S/C26H24N6OS/c1-33-23-14-12-21(13-15-23)18-32-29-25(28-30-32)24-16-27-31(17-20-8-4-2-5-9-20)26(24)34-19-22-10-6-3-7-11-22/h2-16H,17-19H2,1H3. The van der Waals surface area contributed by atoms with Crippen molar-refractivity contribution >= 4 is 11.8 Å². The molecular weight excluding hydrogens is 444 g/mol. The van der Waals surface area contributed by atoms with Gasteiger partial charge >= 0.3 is 0 Å². The van der Waals surface area contributed by atoms with Crippen LogP contribution in [-0.2, 0) is 18.8 Å². The number of hydrogen-bond acceptors (Lipinski definition) is 6. The Kier molecular flexibility index (Phi) is 6.67. The molecule has 0 amide bonds. The Bertz CT molecular complexity index is 1330. The molecule has 0 bridgehead atoms. The van der Waals surface area contributed by atoms with Crippen LogP contribution in [0, 0.1) is 0 Å². The molecule has 0 spiro atoms. The van der Waals surface area contributed by atoms with Gasteiger partial charge in [-0.1, -0.05) is 72.8 Å². The zero-order valence-corrected chi connectivity index (χ0v) is 19.6. The minimum absolute atomic E-state index is 0.529. The quantitative estimate of drug-likeness (QED) is 0.286. The van der Waals surface area contributed by atoms with E-state index in [-0.39, 0.29) is 0 Å². The third kappa shape index (κ3) is 5.18. The van der Waals surface area contributed by atoms with E-state index in [9.17, 15) is 0 Å². The highest BCUT2D eigenvalue weighted by Crippen LogP contribution is 2.32. The van der Waals surface area contributed by atoms with Crippen LogP contribution in [0.25, 0.3) is 11.4 Å². The summed E-state index contributed by atoms with van der Waals surface area (Å²) in [5, 5.41) is 19.0. The van der Waals surface area contributed by atoms with Crippen molar-refractivity contribution in [3.8, 4) is 17.1 Å². The Morgan fingerprint density at radius 2 is 1.47 bits per heavy atom. The molecule has 0 fully saturated rings. The number of benzene rings is 3. The molecule has 5 rings (SSSR count). The topological polar surface area (TPSA) is 70.7 Å². The first-order chi connectivity index (χ1) is 16.8. The molecule has 34 heavy (non-hydrogen) atoms. The second-order valence-electron chi connectivity index (χ2n) is 7.77. The first-order valence-corrected chi connectivity index (χ1v) is 11.9. The maximum Gasteiger partial charge on any atom is 0.209 e. The Labute approximate surface area is 202 Å². The summed E-state index contributed by atoms with van der Waals surface area (Å²) >= 11 is 1.73. The molecular formula is C26H24N6OS. The molecule has 8 heteroatoms. The molecule has 0 aliphatic rings. The van der Waals surface area contributed by atoms with Crippen LogP contribution < -0.4 is 4.74 Å². The Hall–Kier alpha value is -3.91. The predicted molar refractivity (Wildman–Crippen MR) is 133 cm³/mol. The fraction of sp³-hybridized carbons (Fsp3) is 0.154. The van der Waals surface area contributed by atoms with E-state index in [4.69, 9.17) is 4.74 Å². The van der Waals surface area contributed by atoms with Gasteiger partial charge in [-0.2, -0.15) is 9.90 Å². The van der Waals surface area contributed by atoms with Crippen molar-refractivity contribution in [2.45, 2.75) is 23.9 Å². The van der Waals surface area contributed by atoms with Crippen molar-refractivity contribution in [3.63, 3.8) is 0 Å². The van der Waals surface area contributed by atoms with Gasteiger partial charge in [-0.25, -0.2) is 0 Å². The molecule has 0 atom stereocenters. The van der Waals surface area contributed by atoms with Crippen LogP contribution in [0.15, 0.2) is 96.2 Å². The second kappa shape index (κ2) is 10.4. The summed E-state index contributed by atoms with van der Waals surface area (Å²) in [5.41, 5.74) is 4.40. The van der Waals surface area contributed by atoms with Gasteiger partial charge in [-0.3, -0.25) is 4.68 Å². The van der Waals surface area contributed by atoms with Gasteiger partial charge in [-0.15, -0.1) is 22.0 Å². The Balaban J connectivity index is 1.40. The van der Waals surface area contributed by atoms with Gasteiger partial charge in [0.1, 0.15) is 10.8 Å². The molecule has 2 heterocycles. The number of tetrazole rings is 1. The third-order valence-electron chi connectivity index (χ3n) is 5.36. The van der Waals surface area contributed by atoms with Crippen LogP contribution in [0.5, 0.6) is 5.75 Å². The van der Waals surface area contributed by atoms with E-state index in [2.05, 4.69) is 56.9 Å². The molecule has 0 saturated heterocycles. The van der Waals surface area contributed by atoms with Crippen molar-refractivity contribution in [2.75, 3.05) is 7.11 Å². The van der Waals surface area contributed by atoms with Gasteiger partial charge in [0.15, 0.2) is 0 Å². The van der Waals surface area contributed by atoms with Crippen LogP contribution in [0.1, 0.15) is 16.7 Å². The summed E-state index contributed by atoms with van der Waals surface area (Å²) in [6.07, 6.45) is 1.84. The molecule has 0 radical (unpaired) electrons. The SMILES string of the molecule is COc1ccc(Cn2nnc(-c3cnn(Cc4ccccc4)c3SCc3ccccc3)n2)cc1. The van der Waals surface area contributed by atoms with Gasteiger partial charge in [0.05, 0.1) is 32.0 Å². The first kappa shape index (κ1) is 21.9. The molecule has 3 aromatic carbocycles. The van der Waals surface area contributed by atoms with Gasteiger partial charge in [0.2, 0.25) is 5.82 Å². The summed E-state index contributed by atoms with van der Waals surface area (Å²) in [7, 11) is 1.66. The molecule has 7 nitrogen and oxygen atoms in total. The first-order valence-electron chi connectivity index (χ1n) is 11.0. The number of rotatable bonds is 9. The lowest BCUT2D eigenvalue weighted by Crippen LogP contribution is -2.04. The summed E-state index contributed by atoms with van der Waals surface area (Å²) < 4.78 is 7.25. The van der Waals surface area contributed by atoms with E-state index in [1.54, 1.807) is 23.7 Å². The average molecular weight is 469 g/mol. The normalized spacial score (nSPS) is 11.0. The molecule has 5 aromatic rings. The van der Waals surface area contributed by atoms with Crippen molar-refractivity contribution in [1.82, 2.24) is 30.0 Å². The average Bonchev–Trinajstić information content (AvgIpc) is 3.51. The van der Waals surface area contributed by atoms with E-state index in [0.29, 0.717) is 18.9 Å². The monoisotopic (exact) mass is 468 g/mol. The number of hydrogen-bond donors (Lipinski definition) is 0. The summed E-state index contributed by atoms with van der Waals surface area (Å²) in [6, 6.07) is 28.6. The molecule has 0 aliphatic heterocycles. The zero-order valence-electron chi connectivity index (χ0n) is 18.8. The number of thioether (sulfide) groups is 1. The maximum atomic E-state index is 5.23. The van der Waals surface area contributed by atoms with Gasteiger partial charge < -0.3 is 4.74 Å². The van der Waals surface area contributed by atoms with Crippen LogP contribution >= 0.6 is 11.8 Å². The van der Waals surface area contributed by atoms with Crippen LogP contribution in [0.4, 0.5) is 0 Å². The second-order valence-corrected chi connectivity index (χ2v) is 8.74. The third-order valence-corrected chi connectivity index (χ3v) is 6.54. The Morgan fingerprint density at radius 1 is 0.794 bits per heavy atom. The van der Waals surface area contributed by atoms with E-state index in [1.165, 1.54) is 11.1 Å². The molecule has 0 N–H and O–H groups in total. The summed E-state index contributed by atoms with van der Waals surface area (Å²) in [4.78, 5) is 1.61. The molecule has 0 saturated carbocycles. The highest BCUT2D eigenvalue weighted by atomic mass is 32.2. The lowest BCUT2D eigenvalue weighted by Gasteiger charge is -2.09. The summed E-state index contributed by atoms with van der Waals surface area (Å²) in [5.74, 6) is 2.22. The number of nitrogens with zero attached hydrogens (tertiary/aromatic N) is 6. The number of methoxy groups -OCH3 is 1. The van der Waals surface area contributed by atoms with E-state index in [0.717, 1.165) is 27.7 Å². The van der Waals surface area contributed by atoms with Crippen LogP contribution in [0.2, 0.25) is 0 Å². The van der Waals surface area contributed by atoms with Crippen molar-refractivity contribution in [1.29, 1.82) is 0 Å². The largest absolute Gasteiger partial charge is 0.497 e. The lowest BCUT2D eigenvalue weighted by molar-refractivity contribution is 0.414. The van der Waals surface area contributed by atoms with Crippen LogP contribution in [-0.4, -0.2) is 37.1 Å². The fourth-order valence-corrected chi connectivity index (χ4v) is 4.64. The minimum Gasteiger partial charge on any atom is -0.497 e. The molecule has 0 aliphatic carbocycles. The fourth-order valence-electron chi connectivity index (χ4n) is 3.59.